The first-order valence-electron chi connectivity index (χ1n) is 6.36. The molecule has 0 atom stereocenters. The number of carboxylic acids is 1. The summed E-state index contributed by atoms with van der Waals surface area (Å²) in [6.07, 6.45) is 2.00. The van der Waals surface area contributed by atoms with Crippen molar-refractivity contribution in [2.45, 2.75) is 18.9 Å². The molecule has 0 radical (unpaired) electrons. The maximum atomic E-state index is 11.0. The second-order valence-corrected chi connectivity index (χ2v) is 4.79. The van der Waals surface area contributed by atoms with Gasteiger partial charge in [-0.25, -0.2) is 4.79 Å². The Morgan fingerprint density at radius 3 is 2.58 bits per heavy atom. The molecular formula is C14H19NO4. The standard InChI is InChI=1S/C14H19NO4/c1-15-7-5-11(6-8-15)19-13-9-10(14(16)17)3-4-12(13)18-2/h3-4,9,11H,5-8H2,1-2H3,(H,16,17). The highest BCUT2D eigenvalue weighted by molar-refractivity contribution is 5.88. The molecule has 1 aromatic rings. The molecule has 1 saturated heterocycles. The van der Waals surface area contributed by atoms with Crippen LogP contribution in [0.1, 0.15) is 23.2 Å². The molecule has 0 amide bonds. The Balaban J connectivity index is 2.13. The average molecular weight is 265 g/mol. The van der Waals surface area contributed by atoms with Gasteiger partial charge in [-0.3, -0.25) is 0 Å². The third kappa shape index (κ3) is 3.38. The minimum atomic E-state index is -0.962. The van der Waals surface area contributed by atoms with E-state index in [2.05, 4.69) is 11.9 Å². The predicted molar refractivity (Wildman–Crippen MR) is 71.1 cm³/mol. The molecule has 1 N–H and O–H groups in total. The zero-order chi connectivity index (χ0) is 13.8. The molecule has 5 heteroatoms. The summed E-state index contributed by atoms with van der Waals surface area (Å²) in [7, 11) is 3.64. The maximum absolute atomic E-state index is 11.0. The van der Waals surface area contributed by atoms with Gasteiger partial charge >= 0.3 is 5.97 Å². The van der Waals surface area contributed by atoms with Crippen molar-refractivity contribution in [3.05, 3.63) is 23.8 Å². The van der Waals surface area contributed by atoms with Crippen molar-refractivity contribution in [3.8, 4) is 11.5 Å². The van der Waals surface area contributed by atoms with E-state index in [0.29, 0.717) is 11.5 Å². The van der Waals surface area contributed by atoms with Gasteiger partial charge in [-0.15, -0.1) is 0 Å². The summed E-state index contributed by atoms with van der Waals surface area (Å²) in [6, 6.07) is 4.68. The molecule has 1 heterocycles. The molecule has 0 aliphatic carbocycles. The van der Waals surface area contributed by atoms with E-state index < -0.39 is 5.97 Å². The average Bonchev–Trinajstić information content (AvgIpc) is 2.41. The van der Waals surface area contributed by atoms with E-state index in [1.54, 1.807) is 13.2 Å². The minimum Gasteiger partial charge on any atom is -0.493 e. The van der Waals surface area contributed by atoms with E-state index >= 15 is 0 Å². The molecule has 2 rings (SSSR count). The number of rotatable bonds is 4. The van der Waals surface area contributed by atoms with Crippen LogP contribution >= 0.6 is 0 Å². The second-order valence-electron chi connectivity index (χ2n) is 4.79. The van der Waals surface area contributed by atoms with Crippen LogP contribution in [-0.4, -0.2) is 49.3 Å². The first-order chi connectivity index (χ1) is 9.10. The lowest BCUT2D eigenvalue weighted by atomic mass is 10.1. The van der Waals surface area contributed by atoms with Gasteiger partial charge in [0.1, 0.15) is 6.10 Å². The van der Waals surface area contributed by atoms with Crippen LogP contribution in [-0.2, 0) is 0 Å². The molecule has 0 saturated carbocycles. The summed E-state index contributed by atoms with van der Waals surface area (Å²) >= 11 is 0. The van der Waals surface area contributed by atoms with Crippen LogP contribution in [0.4, 0.5) is 0 Å². The summed E-state index contributed by atoms with van der Waals surface area (Å²) < 4.78 is 11.1. The molecule has 0 spiro atoms. The Morgan fingerprint density at radius 1 is 1.32 bits per heavy atom. The smallest absolute Gasteiger partial charge is 0.335 e. The summed E-state index contributed by atoms with van der Waals surface area (Å²) in [5.41, 5.74) is 0.212. The number of carbonyl (C=O) groups is 1. The molecule has 5 nitrogen and oxygen atoms in total. The lowest BCUT2D eigenvalue weighted by molar-refractivity contribution is 0.0694. The van der Waals surface area contributed by atoms with E-state index in [9.17, 15) is 4.79 Å². The molecule has 1 aliphatic heterocycles. The van der Waals surface area contributed by atoms with Crippen LogP contribution in [0.2, 0.25) is 0 Å². The Morgan fingerprint density at radius 2 is 2.00 bits per heavy atom. The largest absolute Gasteiger partial charge is 0.493 e. The Labute approximate surface area is 112 Å². The van der Waals surface area contributed by atoms with Crippen molar-refractivity contribution in [1.82, 2.24) is 4.90 Å². The summed E-state index contributed by atoms with van der Waals surface area (Å²) in [5, 5.41) is 9.01. The Bertz CT molecular complexity index is 453. The van der Waals surface area contributed by atoms with Crippen molar-refractivity contribution in [1.29, 1.82) is 0 Å². The van der Waals surface area contributed by atoms with Gasteiger partial charge in [-0.05, 0) is 38.1 Å². The lowest BCUT2D eigenvalue weighted by Gasteiger charge is -2.29. The van der Waals surface area contributed by atoms with E-state index in [0.717, 1.165) is 25.9 Å². The topological polar surface area (TPSA) is 59.0 Å². The molecule has 1 aliphatic rings. The molecule has 19 heavy (non-hydrogen) atoms. The summed E-state index contributed by atoms with van der Waals surface area (Å²) in [4.78, 5) is 13.2. The van der Waals surface area contributed by atoms with Gasteiger partial charge in [-0.1, -0.05) is 0 Å². The minimum absolute atomic E-state index is 0.120. The van der Waals surface area contributed by atoms with Gasteiger partial charge in [0.05, 0.1) is 12.7 Å². The number of hydrogen-bond acceptors (Lipinski definition) is 4. The number of benzene rings is 1. The first kappa shape index (κ1) is 13.7. The van der Waals surface area contributed by atoms with Crippen molar-refractivity contribution in [3.63, 3.8) is 0 Å². The fraction of sp³-hybridized carbons (Fsp3) is 0.500. The third-order valence-corrected chi connectivity index (χ3v) is 3.37. The number of methoxy groups -OCH3 is 1. The van der Waals surface area contributed by atoms with Gasteiger partial charge in [0, 0.05) is 13.1 Å². The van der Waals surface area contributed by atoms with Crippen molar-refractivity contribution < 1.29 is 19.4 Å². The van der Waals surface area contributed by atoms with Gasteiger partial charge in [0.2, 0.25) is 0 Å². The number of piperidine rings is 1. The van der Waals surface area contributed by atoms with Crippen LogP contribution in [0.15, 0.2) is 18.2 Å². The molecule has 0 unspecified atom stereocenters. The van der Waals surface area contributed by atoms with E-state index in [1.165, 1.54) is 12.1 Å². The van der Waals surface area contributed by atoms with Crippen molar-refractivity contribution >= 4 is 5.97 Å². The zero-order valence-corrected chi connectivity index (χ0v) is 11.3. The predicted octanol–water partition coefficient (Wildman–Crippen LogP) is 1.87. The summed E-state index contributed by atoms with van der Waals surface area (Å²) in [6.45, 7) is 1.98. The van der Waals surface area contributed by atoms with E-state index in [1.807, 2.05) is 0 Å². The molecule has 0 bridgehead atoms. The van der Waals surface area contributed by atoms with Crippen LogP contribution in [0.25, 0.3) is 0 Å². The van der Waals surface area contributed by atoms with Crippen molar-refractivity contribution in [2.24, 2.45) is 0 Å². The van der Waals surface area contributed by atoms with Gasteiger partial charge < -0.3 is 19.5 Å². The monoisotopic (exact) mass is 265 g/mol. The maximum Gasteiger partial charge on any atom is 0.335 e. The third-order valence-electron chi connectivity index (χ3n) is 3.37. The molecule has 0 aromatic heterocycles. The van der Waals surface area contributed by atoms with Gasteiger partial charge in [-0.2, -0.15) is 0 Å². The number of aromatic carboxylic acids is 1. The zero-order valence-electron chi connectivity index (χ0n) is 11.3. The first-order valence-corrected chi connectivity index (χ1v) is 6.36. The number of hydrogen-bond donors (Lipinski definition) is 1. The second kappa shape index (κ2) is 5.93. The number of carboxylic acid groups (broad SMARTS) is 1. The van der Waals surface area contributed by atoms with E-state index in [-0.39, 0.29) is 11.7 Å². The van der Waals surface area contributed by atoms with Crippen molar-refractivity contribution in [2.75, 3.05) is 27.2 Å². The molecule has 104 valence electrons. The number of ether oxygens (including phenoxy) is 2. The lowest BCUT2D eigenvalue weighted by Crippen LogP contribution is -2.35. The van der Waals surface area contributed by atoms with Gasteiger partial charge in [0.15, 0.2) is 11.5 Å². The molecular weight excluding hydrogens is 246 g/mol. The number of likely N-dealkylation sites (tertiary alicyclic amines) is 1. The van der Waals surface area contributed by atoms with Crippen LogP contribution in [0.5, 0.6) is 11.5 Å². The van der Waals surface area contributed by atoms with Crippen LogP contribution in [0, 0.1) is 0 Å². The van der Waals surface area contributed by atoms with Gasteiger partial charge in [0.25, 0.3) is 0 Å². The highest BCUT2D eigenvalue weighted by Crippen LogP contribution is 2.30. The fourth-order valence-electron chi connectivity index (χ4n) is 2.18. The number of nitrogens with zero attached hydrogens (tertiary/aromatic N) is 1. The highest BCUT2D eigenvalue weighted by atomic mass is 16.5. The summed E-state index contributed by atoms with van der Waals surface area (Å²) in [5.74, 6) is 0.122. The van der Waals surface area contributed by atoms with Crippen LogP contribution < -0.4 is 9.47 Å². The fourth-order valence-corrected chi connectivity index (χ4v) is 2.18. The SMILES string of the molecule is COc1ccc(C(=O)O)cc1OC1CCN(C)CC1. The van der Waals surface area contributed by atoms with Crippen LogP contribution in [0.3, 0.4) is 0 Å². The van der Waals surface area contributed by atoms with E-state index in [4.69, 9.17) is 14.6 Å². The molecule has 1 aromatic carbocycles. The Hall–Kier alpha value is -1.75. The Kier molecular flexibility index (Phi) is 4.27. The molecule has 1 fully saturated rings. The highest BCUT2D eigenvalue weighted by Gasteiger charge is 2.20. The quantitative estimate of drug-likeness (QED) is 0.900. The normalized spacial score (nSPS) is 17.2.